The fourth-order valence-corrected chi connectivity index (χ4v) is 2.36. The van der Waals surface area contributed by atoms with Gasteiger partial charge in [-0.25, -0.2) is 9.78 Å². The largest absolute Gasteiger partial charge is 0.396 e. The minimum Gasteiger partial charge on any atom is -0.396 e. The molecular weight excluding hydrogens is 304 g/mol. The maximum Gasteiger partial charge on any atom is 0.315 e. The summed E-state index contributed by atoms with van der Waals surface area (Å²) < 4.78 is 2.02. The van der Waals surface area contributed by atoms with Crippen molar-refractivity contribution in [3.63, 3.8) is 0 Å². The number of nitrogens with one attached hydrogen (secondary N) is 2. The molecule has 2 rings (SSSR count). The van der Waals surface area contributed by atoms with Gasteiger partial charge in [-0.05, 0) is 17.4 Å². The molecule has 0 aliphatic carbocycles. The number of benzene rings is 1. The number of carbonyl (C=O) groups is 1. The van der Waals surface area contributed by atoms with E-state index in [1.165, 1.54) is 5.56 Å². The van der Waals surface area contributed by atoms with Gasteiger partial charge in [0.1, 0.15) is 5.82 Å². The second kappa shape index (κ2) is 8.49. The number of amides is 2. The molecule has 6 nitrogen and oxygen atoms in total. The van der Waals surface area contributed by atoms with Gasteiger partial charge in [0.05, 0.1) is 6.54 Å². The number of rotatable bonds is 8. The van der Waals surface area contributed by atoms with E-state index < -0.39 is 0 Å². The van der Waals surface area contributed by atoms with E-state index >= 15 is 0 Å². The Kier molecular flexibility index (Phi) is 6.37. The molecule has 1 aromatic carbocycles. The molecule has 1 heterocycles. The van der Waals surface area contributed by atoms with Gasteiger partial charge in [0, 0.05) is 32.1 Å². The molecule has 0 bridgehead atoms. The molecule has 2 amide bonds. The highest BCUT2D eigenvalue weighted by atomic mass is 16.3. The summed E-state index contributed by atoms with van der Waals surface area (Å²) in [7, 11) is 0. The van der Waals surface area contributed by atoms with E-state index in [9.17, 15) is 4.79 Å². The first-order valence-corrected chi connectivity index (χ1v) is 8.17. The Morgan fingerprint density at radius 2 is 2.00 bits per heavy atom. The summed E-state index contributed by atoms with van der Waals surface area (Å²) in [6.07, 6.45) is 4.29. The molecule has 1 aromatic heterocycles. The number of aliphatic hydroxyl groups is 1. The molecule has 6 heteroatoms. The van der Waals surface area contributed by atoms with Crippen LogP contribution in [0.25, 0.3) is 0 Å². The molecule has 0 unspecified atom stereocenters. The van der Waals surface area contributed by atoms with Crippen LogP contribution in [-0.4, -0.2) is 33.8 Å². The summed E-state index contributed by atoms with van der Waals surface area (Å²) in [5, 5.41) is 14.7. The number of hydrogen-bond acceptors (Lipinski definition) is 3. The molecule has 0 atom stereocenters. The summed E-state index contributed by atoms with van der Waals surface area (Å²) in [5.74, 6) is 0.809. The number of urea groups is 1. The standard InChI is InChI=1S/C18H26N4O2/c1-18(2,8-11-23)14-21-17(24)20-12-16-19-9-10-22(16)13-15-6-4-3-5-7-15/h3-7,9-10,23H,8,11-14H2,1-2H3,(H2,20,21,24). The van der Waals surface area contributed by atoms with Crippen molar-refractivity contribution in [2.24, 2.45) is 5.41 Å². The second-order valence-electron chi connectivity index (χ2n) is 6.63. The van der Waals surface area contributed by atoms with E-state index in [4.69, 9.17) is 5.11 Å². The summed E-state index contributed by atoms with van der Waals surface area (Å²) >= 11 is 0. The Hall–Kier alpha value is -2.34. The van der Waals surface area contributed by atoms with E-state index in [1.807, 2.05) is 42.8 Å². The van der Waals surface area contributed by atoms with Crippen LogP contribution < -0.4 is 10.6 Å². The molecule has 3 N–H and O–H groups in total. The van der Waals surface area contributed by atoms with Gasteiger partial charge in [0.2, 0.25) is 0 Å². The third kappa shape index (κ3) is 5.70. The van der Waals surface area contributed by atoms with Crippen LogP contribution in [0.1, 0.15) is 31.7 Å². The predicted octanol–water partition coefficient (Wildman–Crippen LogP) is 2.14. The third-order valence-corrected chi connectivity index (χ3v) is 3.92. The highest BCUT2D eigenvalue weighted by molar-refractivity contribution is 5.73. The van der Waals surface area contributed by atoms with Gasteiger partial charge in [-0.3, -0.25) is 0 Å². The van der Waals surface area contributed by atoms with Crippen molar-refractivity contribution in [3.8, 4) is 0 Å². The topological polar surface area (TPSA) is 79.2 Å². The van der Waals surface area contributed by atoms with Crippen LogP contribution in [0.2, 0.25) is 0 Å². The quantitative estimate of drug-likeness (QED) is 0.694. The average molecular weight is 330 g/mol. The highest BCUT2D eigenvalue weighted by Crippen LogP contribution is 2.17. The van der Waals surface area contributed by atoms with Gasteiger partial charge in [-0.1, -0.05) is 44.2 Å². The Morgan fingerprint density at radius 1 is 1.25 bits per heavy atom. The Morgan fingerprint density at radius 3 is 2.71 bits per heavy atom. The molecule has 0 fully saturated rings. The van der Waals surface area contributed by atoms with Crippen molar-refractivity contribution in [3.05, 3.63) is 54.1 Å². The van der Waals surface area contributed by atoms with E-state index in [1.54, 1.807) is 6.20 Å². The summed E-state index contributed by atoms with van der Waals surface area (Å²) in [6.45, 7) is 5.74. The van der Waals surface area contributed by atoms with Crippen LogP contribution in [0.15, 0.2) is 42.7 Å². The van der Waals surface area contributed by atoms with Gasteiger partial charge >= 0.3 is 6.03 Å². The molecule has 0 aliphatic heterocycles. The lowest BCUT2D eigenvalue weighted by Crippen LogP contribution is -2.41. The number of carbonyl (C=O) groups excluding carboxylic acids is 1. The maximum atomic E-state index is 11.9. The van der Waals surface area contributed by atoms with Gasteiger partial charge in [-0.2, -0.15) is 0 Å². The van der Waals surface area contributed by atoms with E-state index in [2.05, 4.69) is 27.8 Å². The van der Waals surface area contributed by atoms with Gasteiger partial charge in [-0.15, -0.1) is 0 Å². The Bertz CT molecular complexity index is 637. The zero-order chi connectivity index (χ0) is 17.4. The van der Waals surface area contributed by atoms with Gasteiger partial charge in [0.25, 0.3) is 0 Å². The molecule has 0 saturated carbocycles. The minimum atomic E-state index is -0.227. The van der Waals surface area contributed by atoms with Crippen molar-refractivity contribution < 1.29 is 9.90 Å². The molecule has 130 valence electrons. The summed E-state index contributed by atoms with van der Waals surface area (Å²) in [4.78, 5) is 16.2. The monoisotopic (exact) mass is 330 g/mol. The first-order chi connectivity index (χ1) is 11.5. The molecular formula is C18H26N4O2. The van der Waals surface area contributed by atoms with E-state index in [0.717, 1.165) is 12.4 Å². The number of hydrogen-bond donors (Lipinski definition) is 3. The Balaban J connectivity index is 1.82. The molecule has 0 spiro atoms. The number of nitrogens with zero attached hydrogens (tertiary/aromatic N) is 2. The van der Waals surface area contributed by atoms with Crippen LogP contribution in [0.3, 0.4) is 0 Å². The Labute approximate surface area is 142 Å². The minimum absolute atomic E-state index is 0.118. The van der Waals surface area contributed by atoms with Crippen molar-refractivity contribution in [1.29, 1.82) is 0 Å². The summed E-state index contributed by atoms with van der Waals surface area (Å²) in [6, 6.07) is 9.90. The maximum absolute atomic E-state index is 11.9. The van der Waals surface area contributed by atoms with Crippen LogP contribution in [0.4, 0.5) is 4.79 Å². The lowest BCUT2D eigenvalue weighted by Gasteiger charge is -2.23. The molecule has 0 radical (unpaired) electrons. The molecule has 2 aromatic rings. The molecule has 0 aliphatic rings. The fraction of sp³-hybridized carbons (Fsp3) is 0.444. The molecule has 0 saturated heterocycles. The lowest BCUT2D eigenvalue weighted by atomic mass is 9.90. The fourth-order valence-electron chi connectivity index (χ4n) is 2.36. The predicted molar refractivity (Wildman–Crippen MR) is 93.5 cm³/mol. The van der Waals surface area contributed by atoms with E-state index in [0.29, 0.717) is 19.5 Å². The van der Waals surface area contributed by atoms with Crippen LogP contribution in [-0.2, 0) is 13.1 Å². The van der Waals surface area contributed by atoms with Gasteiger partial charge in [0.15, 0.2) is 0 Å². The highest BCUT2D eigenvalue weighted by Gasteiger charge is 2.18. The van der Waals surface area contributed by atoms with Crippen molar-refractivity contribution in [2.45, 2.75) is 33.4 Å². The summed E-state index contributed by atoms with van der Waals surface area (Å²) in [5.41, 5.74) is 1.06. The number of aromatic nitrogens is 2. The van der Waals surface area contributed by atoms with Crippen LogP contribution in [0.5, 0.6) is 0 Å². The first kappa shape index (κ1) is 18.0. The normalized spacial score (nSPS) is 11.3. The third-order valence-electron chi connectivity index (χ3n) is 3.92. The van der Waals surface area contributed by atoms with Crippen molar-refractivity contribution in [1.82, 2.24) is 20.2 Å². The SMILES string of the molecule is CC(C)(CCO)CNC(=O)NCc1nccn1Cc1ccccc1. The zero-order valence-corrected chi connectivity index (χ0v) is 14.3. The smallest absolute Gasteiger partial charge is 0.315 e. The average Bonchev–Trinajstić information content (AvgIpc) is 2.99. The van der Waals surface area contributed by atoms with Crippen LogP contribution >= 0.6 is 0 Å². The van der Waals surface area contributed by atoms with Gasteiger partial charge < -0.3 is 20.3 Å². The van der Waals surface area contributed by atoms with Crippen molar-refractivity contribution in [2.75, 3.05) is 13.2 Å². The molecule has 24 heavy (non-hydrogen) atoms. The number of imidazole rings is 1. The number of aliphatic hydroxyl groups excluding tert-OH is 1. The van der Waals surface area contributed by atoms with E-state index in [-0.39, 0.29) is 18.1 Å². The zero-order valence-electron chi connectivity index (χ0n) is 14.3. The second-order valence-corrected chi connectivity index (χ2v) is 6.63. The lowest BCUT2D eigenvalue weighted by molar-refractivity contribution is 0.201. The first-order valence-electron chi connectivity index (χ1n) is 8.17. The van der Waals surface area contributed by atoms with Crippen LogP contribution in [0, 0.1) is 5.41 Å². The van der Waals surface area contributed by atoms with Crippen molar-refractivity contribution >= 4 is 6.03 Å².